The SMILES string of the molecule is C[C@H]1CCC[C@H](C)N1C(=O)c1ccc(Cl)c([N+](=O)[O-])c1. The van der Waals surface area contributed by atoms with Gasteiger partial charge in [-0.3, -0.25) is 14.9 Å². The van der Waals surface area contributed by atoms with Crippen LogP contribution in [0.25, 0.3) is 0 Å². The molecule has 1 fully saturated rings. The molecule has 20 heavy (non-hydrogen) atoms. The molecule has 0 unspecified atom stereocenters. The normalized spacial score (nSPS) is 22.6. The van der Waals surface area contributed by atoms with Gasteiger partial charge >= 0.3 is 0 Å². The third-order valence-corrected chi connectivity index (χ3v) is 4.14. The molecule has 1 aliphatic heterocycles. The van der Waals surface area contributed by atoms with Crippen LogP contribution in [0, 0.1) is 10.1 Å². The molecule has 1 aromatic rings. The van der Waals surface area contributed by atoms with Gasteiger partial charge in [0.1, 0.15) is 5.02 Å². The Morgan fingerprint density at radius 3 is 2.50 bits per heavy atom. The zero-order valence-electron chi connectivity index (χ0n) is 11.5. The van der Waals surface area contributed by atoms with E-state index in [1.54, 1.807) is 6.07 Å². The smallest absolute Gasteiger partial charge is 0.288 e. The monoisotopic (exact) mass is 296 g/mol. The van der Waals surface area contributed by atoms with E-state index in [0.29, 0.717) is 5.56 Å². The lowest BCUT2D eigenvalue weighted by Gasteiger charge is -2.39. The van der Waals surface area contributed by atoms with Gasteiger partial charge in [-0.1, -0.05) is 11.6 Å². The summed E-state index contributed by atoms with van der Waals surface area (Å²) >= 11 is 5.77. The van der Waals surface area contributed by atoms with Gasteiger partial charge in [-0.15, -0.1) is 0 Å². The summed E-state index contributed by atoms with van der Waals surface area (Å²) in [6.07, 6.45) is 3.03. The molecule has 5 nitrogen and oxygen atoms in total. The Bertz CT molecular complexity index is 537. The summed E-state index contributed by atoms with van der Waals surface area (Å²) in [5.41, 5.74) is 0.0940. The van der Waals surface area contributed by atoms with Crippen molar-refractivity contribution in [1.29, 1.82) is 0 Å². The molecule has 1 aliphatic rings. The first-order chi connectivity index (χ1) is 9.41. The number of benzene rings is 1. The Morgan fingerprint density at radius 1 is 1.35 bits per heavy atom. The third kappa shape index (κ3) is 2.77. The van der Waals surface area contributed by atoms with E-state index in [9.17, 15) is 14.9 Å². The molecular formula is C14H17ClN2O3. The minimum atomic E-state index is -0.567. The van der Waals surface area contributed by atoms with E-state index in [-0.39, 0.29) is 28.7 Å². The van der Waals surface area contributed by atoms with E-state index in [1.165, 1.54) is 12.1 Å². The number of hydrogen-bond donors (Lipinski definition) is 0. The maximum Gasteiger partial charge on any atom is 0.288 e. The van der Waals surface area contributed by atoms with E-state index in [1.807, 2.05) is 18.7 Å². The topological polar surface area (TPSA) is 63.5 Å². The van der Waals surface area contributed by atoms with Crippen molar-refractivity contribution in [3.8, 4) is 0 Å². The Balaban J connectivity index is 2.33. The molecule has 108 valence electrons. The third-order valence-electron chi connectivity index (χ3n) is 3.82. The van der Waals surface area contributed by atoms with Crippen molar-refractivity contribution in [3.63, 3.8) is 0 Å². The summed E-state index contributed by atoms with van der Waals surface area (Å²) in [7, 11) is 0. The number of rotatable bonds is 2. The van der Waals surface area contributed by atoms with Crippen molar-refractivity contribution < 1.29 is 9.72 Å². The minimum Gasteiger partial charge on any atom is -0.333 e. The van der Waals surface area contributed by atoms with Crippen LogP contribution in [0.3, 0.4) is 0 Å². The zero-order valence-corrected chi connectivity index (χ0v) is 12.3. The number of piperidine rings is 1. The van der Waals surface area contributed by atoms with Crippen molar-refractivity contribution in [1.82, 2.24) is 4.90 Å². The predicted molar refractivity (Wildman–Crippen MR) is 77.1 cm³/mol. The fraction of sp³-hybridized carbons (Fsp3) is 0.500. The molecule has 0 N–H and O–H groups in total. The molecule has 0 aliphatic carbocycles. The summed E-state index contributed by atoms with van der Waals surface area (Å²) in [6.45, 7) is 4.02. The molecule has 6 heteroatoms. The van der Waals surface area contributed by atoms with Crippen LogP contribution in [0.15, 0.2) is 18.2 Å². The number of nitro groups is 1. The van der Waals surface area contributed by atoms with Gasteiger partial charge in [-0.05, 0) is 45.2 Å². The molecule has 0 radical (unpaired) electrons. The second-order valence-corrected chi connectivity index (χ2v) is 5.67. The van der Waals surface area contributed by atoms with Gasteiger partial charge < -0.3 is 4.90 Å². The molecule has 2 atom stereocenters. The van der Waals surface area contributed by atoms with Gasteiger partial charge in [0.25, 0.3) is 11.6 Å². The fourth-order valence-corrected chi connectivity index (χ4v) is 2.94. The standard InChI is InChI=1S/C14H17ClN2O3/c1-9-4-3-5-10(2)16(9)14(18)11-6-7-12(15)13(8-11)17(19)20/h6-10H,3-5H2,1-2H3/t9-,10-/m0/s1. The second kappa shape index (κ2) is 5.79. The van der Waals surface area contributed by atoms with Gasteiger partial charge in [0, 0.05) is 23.7 Å². The fourth-order valence-electron chi connectivity index (χ4n) is 2.76. The van der Waals surface area contributed by atoms with Crippen LogP contribution in [0.5, 0.6) is 0 Å². The molecule has 1 saturated heterocycles. The molecule has 1 aromatic carbocycles. The van der Waals surface area contributed by atoms with Crippen molar-refractivity contribution >= 4 is 23.2 Å². The Hall–Kier alpha value is -1.62. The number of hydrogen-bond acceptors (Lipinski definition) is 3. The number of nitro benzene ring substituents is 1. The van der Waals surface area contributed by atoms with E-state index in [2.05, 4.69) is 0 Å². The molecule has 1 heterocycles. The average Bonchev–Trinajstić information content (AvgIpc) is 2.38. The van der Waals surface area contributed by atoms with Crippen molar-refractivity contribution in [2.24, 2.45) is 0 Å². The summed E-state index contributed by atoms with van der Waals surface area (Å²) < 4.78 is 0. The number of nitrogens with zero attached hydrogens (tertiary/aromatic N) is 2. The summed E-state index contributed by atoms with van der Waals surface area (Å²) in [4.78, 5) is 24.7. The maximum atomic E-state index is 12.6. The number of halogens is 1. The average molecular weight is 297 g/mol. The summed E-state index contributed by atoms with van der Waals surface area (Å²) in [6, 6.07) is 4.53. The van der Waals surface area contributed by atoms with Crippen molar-refractivity contribution in [2.45, 2.75) is 45.2 Å². The minimum absolute atomic E-state index is 0.0475. The Morgan fingerprint density at radius 2 is 1.95 bits per heavy atom. The zero-order chi connectivity index (χ0) is 14.9. The van der Waals surface area contributed by atoms with Gasteiger partial charge in [0.05, 0.1) is 4.92 Å². The van der Waals surface area contributed by atoms with Gasteiger partial charge in [-0.25, -0.2) is 0 Å². The van der Waals surface area contributed by atoms with E-state index >= 15 is 0 Å². The molecule has 1 amide bonds. The van der Waals surface area contributed by atoms with Crippen LogP contribution in [0.4, 0.5) is 5.69 Å². The number of carbonyl (C=O) groups excluding carboxylic acids is 1. The Labute approximate surface area is 122 Å². The lowest BCUT2D eigenvalue weighted by atomic mass is 9.96. The highest BCUT2D eigenvalue weighted by Crippen LogP contribution is 2.28. The number of amides is 1. The maximum absolute atomic E-state index is 12.6. The first kappa shape index (κ1) is 14.8. The molecule has 0 spiro atoms. The quantitative estimate of drug-likeness (QED) is 0.618. The molecule has 0 saturated carbocycles. The van der Waals surface area contributed by atoms with E-state index in [0.717, 1.165) is 19.3 Å². The molecule has 2 rings (SSSR count). The van der Waals surface area contributed by atoms with Crippen LogP contribution in [0.2, 0.25) is 5.02 Å². The highest BCUT2D eigenvalue weighted by atomic mass is 35.5. The highest BCUT2D eigenvalue weighted by molar-refractivity contribution is 6.32. The van der Waals surface area contributed by atoms with Crippen LogP contribution >= 0.6 is 11.6 Å². The summed E-state index contributed by atoms with van der Waals surface area (Å²) in [5, 5.41) is 10.9. The lowest BCUT2D eigenvalue weighted by molar-refractivity contribution is -0.384. The second-order valence-electron chi connectivity index (χ2n) is 5.26. The Kier molecular flexibility index (Phi) is 4.28. The van der Waals surface area contributed by atoms with Gasteiger partial charge in [-0.2, -0.15) is 0 Å². The van der Waals surface area contributed by atoms with E-state index in [4.69, 9.17) is 11.6 Å². The first-order valence-electron chi connectivity index (χ1n) is 6.68. The number of likely N-dealkylation sites (tertiary alicyclic amines) is 1. The predicted octanol–water partition coefficient (Wildman–Crippen LogP) is 3.65. The number of carbonyl (C=O) groups is 1. The molecule has 0 aromatic heterocycles. The molecular weight excluding hydrogens is 280 g/mol. The summed E-state index contributed by atoms with van der Waals surface area (Å²) in [5.74, 6) is -0.163. The lowest BCUT2D eigenvalue weighted by Crippen LogP contribution is -2.47. The van der Waals surface area contributed by atoms with Crippen molar-refractivity contribution in [2.75, 3.05) is 0 Å². The van der Waals surface area contributed by atoms with Crippen LogP contribution in [-0.2, 0) is 0 Å². The molecule has 0 bridgehead atoms. The van der Waals surface area contributed by atoms with E-state index < -0.39 is 4.92 Å². The van der Waals surface area contributed by atoms with Crippen LogP contribution < -0.4 is 0 Å². The van der Waals surface area contributed by atoms with Crippen LogP contribution in [-0.4, -0.2) is 27.8 Å². The highest BCUT2D eigenvalue weighted by Gasteiger charge is 2.30. The largest absolute Gasteiger partial charge is 0.333 e. The van der Waals surface area contributed by atoms with Gasteiger partial charge in [0.2, 0.25) is 0 Å². The van der Waals surface area contributed by atoms with Crippen molar-refractivity contribution in [3.05, 3.63) is 38.9 Å². The van der Waals surface area contributed by atoms with Gasteiger partial charge in [0.15, 0.2) is 0 Å². The first-order valence-corrected chi connectivity index (χ1v) is 7.06. The van der Waals surface area contributed by atoms with Crippen LogP contribution in [0.1, 0.15) is 43.5 Å².